The van der Waals surface area contributed by atoms with Crippen LogP contribution in [-0.2, 0) is 0 Å². The van der Waals surface area contributed by atoms with E-state index < -0.39 is 0 Å². The molecule has 0 spiro atoms. The average molecular weight is 198 g/mol. The van der Waals surface area contributed by atoms with Crippen LogP contribution in [0.25, 0.3) is 0 Å². The smallest absolute Gasteiger partial charge is 0.0683 e. The van der Waals surface area contributed by atoms with Gasteiger partial charge in [0.1, 0.15) is 0 Å². The van der Waals surface area contributed by atoms with Crippen LogP contribution in [0.4, 0.5) is 0 Å². The van der Waals surface area contributed by atoms with Crippen LogP contribution >= 0.6 is 0 Å². The average Bonchev–Trinajstić information content (AvgIpc) is 2.18. The summed E-state index contributed by atoms with van der Waals surface area (Å²) in [4.78, 5) is 0. The zero-order valence-electron chi connectivity index (χ0n) is 9.51. The van der Waals surface area contributed by atoms with Crippen molar-refractivity contribution in [1.29, 1.82) is 5.26 Å². The Labute approximate surface area is 87.1 Å². The van der Waals surface area contributed by atoms with Gasteiger partial charge in [0.25, 0.3) is 0 Å². The number of nitrogens with zero attached hydrogens (tertiary/aromatic N) is 1. The molecule has 0 aromatic carbocycles. The molecule has 2 N–H and O–H groups in total. The van der Waals surface area contributed by atoms with Crippen molar-refractivity contribution in [3.8, 4) is 6.07 Å². The molecule has 0 bridgehead atoms. The van der Waals surface area contributed by atoms with Crippen LogP contribution in [0.5, 0.6) is 0 Å². The molecule has 1 atom stereocenters. The van der Waals surface area contributed by atoms with Crippen LogP contribution in [0.1, 0.15) is 40.0 Å². The van der Waals surface area contributed by atoms with E-state index in [1.807, 2.05) is 20.8 Å². The molecule has 0 rings (SSSR count). The first-order valence-corrected chi connectivity index (χ1v) is 5.31. The Balaban J connectivity index is 3.52. The van der Waals surface area contributed by atoms with Crippen molar-refractivity contribution in [1.82, 2.24) is 5.32 Å². The quantitative estimate of drug-likeness (QED) is 0.612. The van der Waals surface area contributed by atoms with Gasteiger partial charge < -0.3 is 10.4 Å². The summed E-state index contributed by atoms with van der Waals surface area (Å²) in [7, 11) is 0. The molecule has 0 heterocycles. The van der Waals surface area contributed by atoms with Crippen LogP contribution in [0.2, 0.25) is 0 Å². The Bertz CT molecular complexity index is 180. The molecule has 0 fully saturated rings. The SMILES string of the molecule is CCC(CO)NCCCC(C)(C)C#N. The normalized spacial score (nSPS) is 13.6. The van der Waals surface area contributed by atoms with Gasteiger partial charge in [-0.15, -0.1) is 0 Å². The molecule has 0 aliphatic carbocycles. The van der Waals surface area contributed by atoms with Gasteiger partial charge in [0.05, 0.1) is 18.1 Å². The third kappa shape index (κ3) is 5.95. The highest BCUT2D eigenvalue weighted by Gasteiger charge is 2.15. The van der Waals surface area contributed by atoms with E-state index >= 15 is 0 Å². The van der Waals surface area contributed by atoms with E-state index in [0.29, 0.717) is 0 Å². The number of nitrogens with one attached hydrogen (secondary N) is 1. The number of hydrogen-bond donors (Lipinski definition) is 2. The highest BCUT2D eigenvalue weighted by molar-refractivity contribution is 4.91. The van der Waals surface area contributed by atoms with Crippen LogP contribution in [0.15, 0.2) is 0 Å². The van der Waals surface area contributed by atoms with Crippen LogP contribution < -0.4 is 5.32 Å². The molecule has 82 valence electrons. The van der Waals surface area contributed by atoms with E-state index in [9.17, 15) is 0 Å². The number of rotatable bonds is 7. The first-order chi connectivity index (χ1) is 6.55. The topological polar surface area (TPSA) is 56.0 Å². The zero-order valence-corrected chi connectivity index (χ0v) is 9.51. The van der Waals surface area contributed by atoms with Crippen molar-refractivity contribution in [3.05, 3.63) is 0 Å². The maximum absolute atomic E-state index is 8.92. The molecule has 0 amide bonds. The molecular weight excluding hydrogens is 176 g/mol. The summed E-state index contributed by atoms with van der Waals surface area (Å²) >= 11 is 0. The van der Waals surface area contributed by atoms with Crippen LogP contribution in [-0.4, -0.2) is 24.3 Å². The van der Waals surface area contributed by atoms with Gasteiger partial charge in [-0.1, -0.05) is 6.92 Å². The molecule has 14 heavy (non-hydrogen) atoms. The third-order valence-corrected chi connectivity index (χ3v) is 2.43. The van der Waals surface area contributed by atoms with E-state index in [4.69, 9.17) is 10.4 Å². The van der Waals surface area contributed by atoms with E-state index in [1.54, 1.807) is 0 Å². The van der Waals surface area contributed by atoms with Gasteiger partial charge in [-0.25, -0.2) is 0 Å². The van der Waals surface area contributed by atoms with Gasteiger partial charge in [0, 0.05) is 6.04 Å². The fourth-order valence-electron chi connectivity index (χ4n) is 1.23. The predicted octanol–water partition coefficient (Wildman–Crippen LogP) is 1.68. The van der Waals surface area contributed by atoms with Gasteiger partial charge in [-0.3, -0.25) is 0 Å². The van der Waals surface area contributed by atoms with E-state index in [0.717, 1.165) is 25.8 Å². The van der Waals surface area contributed by atoms with Crippen molar-refractivity contribution < 1.29 is 5.11 Å². The standard InChI is InChI=1S/C11H22N2O/c1-4-10(8-14)13-7-5-6-11(2,3)9-12/h10,13-14H,4-8H2,1-3H3. The van der Waals surface area contributed by atoms with E-state index in [1.165, 1.54) is 0 Å². The predicted molar refractivity (Wildman–Crippen MR) is 57.8 cm³/mol. The number of aliphatic hydroxyl groups excluding tert-OH is 1. The Hall–Kier alpha value is -0.590. The molecular formula is C11H22N2O. The molecule has 3 heteroatoms. The van der Waals surface area contributed by atoms with Gasteiger partial charge in [0.15, 0.2) is 0 Å². The van der Waals surface area contributed by atoms with Crippen LogP contribution in [0, 0.1) is 16.7 Å². The minimum atomic E-state index is -0.220. The number of nitriles is 1. The van der Waals surface area contributed by atoms with Crippen molar-refractivity contribution in [2.24, 2.45) is 5.41 Å². The first-order valence-electron chi connectivity index (χ1n) is 5.31. The fourth-order valence-corrected chi connectivity index (χ4v) is 1.23. The lowest BCUT2D eigenvalue weighted by Gasteiger charge is -2.17. The lowest BCUT2D eigenvalue weighted by molar-refractivity contribution is 0.237. The third-order valence-electron chi connectivity index (χ3n) is 2.43. The number of aliphatic hydroxyl groups is 1. The first kappa shape index (κ1) is 13.4. The lowest BCUT2D eigenvalue weighted by Crippen LogP contribution is -2.32. The summed E-state index contributed by atoms with van der Waals surface area (Å²) in [6.07, 6.45) is 2.83. The summed E-state index contributed by atoms with van der Waals surface area (Å²) < 4.78 is 0. The molecule has 3 nitrogen and oxygen atoms in total. The summed E-state index contributed by atoms with van der Waals surface area (Å²) in [6.45, 7) is 7.03. The Kier molecular flexibility index (Phi) is 6.52. The highest BCUT2D eigenvalue weighted by atomic mass is 16.3. The molecule has 0 saturated heterocycles. The minimum Gasteiger partial charge on any atom is -0.395 e. The second-order valence-corrected chi connectivity index (χ2v) is 4.34. The summed E-state index contributed by atoms with van der Waals surface area (Å²) in [5.74, 6) is 0. The van der Waals surface area contributed by atoms with Gasteiger partial charge in [-0.2, -0.15) is 5.26 Å². The number of hydrogen-bond acceptors (Lipinski definition) is 3. The van der Waals surface area contributed by atoms with Crippen LogP contribution in [0.3, 0.4) is 0 Å². The molecule has 1 unspecified atom stereocenters. The van der Waals surface area contributed by atoms with Gasteiger partial charge >= 0.3 is 0 Å². The summed E-state index contributed by atoms with van der Waals surface area (Å²) in [5, 5.41) is 21.0. The second-order valence-electron chi connectivity index (χ2n) is 4.34. The zero-order chi connectivity index (χ0) is 11.0. The maximum atomic E-state index is 8.92. The Morgan fingerprint density at radius 1 is 1.50 bits per heavy atom. The summed E-state index contributed by atoms with van der Waals surface area (Å²) in [5.41, 5.74) is -0.220. The van der Waals surface area contributed by atoms with Gasteiger partial charge in [-0.05, 0) is 39.7 Å². The lowest BCUT2D eigenvalue weighted by atomic mass is 9.90. The molecule has 0 saturated carbocycles. The van der Waals surface area contributed by atoms with Gasteiger partial charge in [0.2, 0.25) is 0 Å². The monoisotopic (exact) mass is 198 g/mol. The molecule has 0 aromatic rings. The largest absolute Gasteiger partial charge is 0.395 e. The van der Waals surface area contributed by atoms with Crippen molar-refractivity contribution in [3.63, 3.8) is 0 Å². The Morgan fingerprint density at radius 3 is 2.57 bits per heavy atom. The highest BCUT2D eigenvalue weighted by Crippen LogP contribution is 2.19. The van der Waals surface area contributed by atoms with Crippen molar-refractivity contribution in [2.45, 2.75) is 46.1 Å². The van der Waals surface area contributed by atoms with E-state index in [2.05, 4.69) is 11.4 Å². The molecule has 0 radical (unpaired) electrons. The fraction of sp³-hybridized carbons (Fsp3) is 0.909. The van der Waals surface area contributed by atoms with Crippen molar-refractivity contribution in [2.75, 3.05) is 13.2 Å². The molecule has 0 aliphatic heterocycles. The minimum absolute atomic E-state index is 0.193. The van der Waals surface area contributed by atoms with Crippen molar-refractivity contribution >= 4 is 0 Å². The molecule has 0 aliphatic rings. The molecule has 0 aromatic heterocycles. The second kappa shape index (κ2) is 6.80. The Morgan fingerprint density at radius 2 is 2.14 bits per heavy atom. The summed E-state index contributed by atoms with van der Waals surface area (Å²) in [6, 6.07) is 2.49. The maximum Gasteiger partial charge on any atom is 0.0683 e. The van der Waals surface area contributed by atoms with E-state index in [-0.39, 0.29) is 18.1 Å².